The standard InChI is InChI=1S/C21H27N3O6/c1-21(2)15-11-13(22-5-6-24-7-9-30-10-8-24)3-4-14(15)18(27)17(19(21)28)20(29)23-12-16(25)26/h3-4,11,22,27H,5-10,12H2,1-2H3,(H,23,29)(H,25,26). The number of benzene rings is 1. The number of aliphatic hydroxyl groups is 1. The van der Waals surface area contributed by atoms with Crippen molar-refractivity contribution >= 4 is 29.1 Å². The van der Waals surface area contributed by atoms with Crippen LogP contribution in [0.3, 0.4) is 0 Å². The number of hydrogen-bond acceptors (Lipinski definition) is 7. The average molecular weight is 417 g/mol. The van der Waals surface area contributed by atoms with Crippen LogP contribution < -0.4 is 10.6 Å². The monoisotopic (exact) mass is 417 g/mol. The number of carbonyl (C=O) groups excluding carboxylic acids is 2. The molecular weight excluding hydrogens is 390 g/mol. The molecule has 1 aromatic rings. The van der Waals surface area contributed by atoms with Crippen molar-refractivity contribution in [2.45, 2.75) is 19.3 Å². The summed E-state index contributed by atoms with van der Waals surface area (Å²) in [6.45, 7) is 7.59. The lowest BCUT2D eigenvalue weighted by Crippen LogP contribution is -2.42. The minimum atomic E-state index is -1.24. The summed E-state index contributed by atoms with van der Waals surface area (Å²) in [6, 6.07) is 5.27. The second kappa shape index (κ2) is 8.85. The topological polar surface area (TPSA) is 128 Å². The number of morpholine rings is 1. The van der Waals surface area contributed by atoms with Crippen LogP contribution >= 0.6 is 0 Å². The van der Waals surface area contributed by atoms with E-state index in [9.17, 15) is 19.5 Å². The van der Waals surface area contributed by atoms with Crippen LogP contribution in [0.2, 0.25) is 0 Å². The maximum Gasteiger partial charge on any atom is 0.322 e. The summed E-state index contributed by atoms with van der Waals surface area (Å²) >= 11 is 0. The van der Waals surface area contributed by atoms with Gasteiger partial charge in [0.05, 0.1) is 18.6 Å². The highest BCUT2D eigenvalue weighted by Gasteiger charge is 2.43. The van der Waals surface area contributed by atoms with Crippen LogP contribution in [0.5, 0.6) is 0 Å². The highest BCUT2D eigenvalue weighted by Crippen LogP contribution is 2.40. The average Bonchev–Trinajstić information content (AvgIpc) is 2.72. The summed E-state index contributed by atoms with van der Waals surface area (Å²) < 4.78 is 5.34. The lowest BCUT2D eigenvalue weighted by molar-refractivity contribution is -0.138. The molecule has 30 heavy (non-hydrogen) atoms. The van der Waals surface area contributed by atoms with Gasteiger partial charge in [0.2, 0.25) is 0 Å². The van der Waals surface area contributed by atoms with Gasteiger partial charge in [-0.1, -0.05) is 0 Å². The van der Waals surface area contributed by atoms with E-state index in [1.54, 1.807) is 26.0 Å². The van der Waals surface area contributed by atoms with E-state index >= 15 is 0 Å². The summed E-state index contributed by atoms with van der Waals surface area (Å²) in [7, 11) is 0. The normalized spacial score (nSPS) is 18.7. The van der Waals surface area contributed by atoms with Gasteiger partial charge in [-0.15, -0.1) is 0 Å². The Hall–Kier alpha value is -2.91. The fraction of sp³-hybridized carbons (Fsp3) is 0.476. The van der Waals surface area contributed by atoms with E-state index in [0.29, 0.717) is 11.1 Å². The largest absolute Gasteiger partial charge is 0.506 e. The molecule has 2 aliphatic rings. The smallest absolute Gasteiger partial charge is 0.322 e. The van der Waals surface area contributed by atoms with Crippen molar-refractivity contribution in [2.24, 2.45) is 0 Å². The third kappa shape index (κ3) is 4.47. The van der Waals surface area contributed by atoms with Crippen molar-refractivity contribution < 1.29 is 29.3 Å². The van der Waals surface area contributed by atoms with Crippen LogP contribution in [0, 0.1) is 0 Å². The third-order valence-corrected chi connectivity index (χ3v) is 5.47. The number of rotatable bonds is 7. The Bertz CT molecular complexity index is 887. The molecule has 0 radical (unpaired) electrons. The van der Waals surface area contributed by atoms with Crippen molar-refractivity contribution in [2.75, 3.05) is 51.3 Å². The van der Waals surface area contributed by atoms with E-state index in [4.69, 9.17) is 9.84 Å². The van der Waals surface area contributed by atoms with Crippen LogP contribution in [-0.2, 0) is 24.5 Å². The first-order chi connectivity index (χ1) is 14.2. The molecule has 0 spiro atoms. The number of aliphatic hydroxyl groups excluding tert-OH is 1. The number of carboxylic acids is 1. The van der Waals surface area contributed by atoms with Crippen LogP contribution in [0.4, 0.5) is 5.69 Å². The molecule has 162 valence electrons. The first-order valence-electron chi connectivity index (χ1n) is 9.88. The molecule has 1 saturated heterocycles. The molecule has 1 fully saturated rings. The number of amides is 1. The molecule has 0 aromatic heterocycles. The number of carbonyl (C=O) groups is 3. The van der Waals surface area contributed by atoms with Crippen LogP contribution in [0.1, 0.15) is 25.0 Å². The van der Waals surface area contributed by atoms with Gasteiger partial charge < -0.3 is 25.6 Å². The zero-order chi connectivity index (χ0) is 21.9. The summed E-state index contributed by atoms with van der Waals surface area (Å²) in [6.07, 6.45) is 0. The second-order valence-electron chi connectivity index (χ2n) is 7.90. The van der Waals surface area contributed by atoms with E-state index in [2.05, 4.69) is 15.5 Å². The minimum Gasteiger partial charge on any atom is -0.506 e. The molecule has 0 atom stereocenters. The molecule has 1 aliphatic carbocycles. The highest BCUT2D eigenvalue weighted by atomic mass is 16.5. The van der Waals surface area contributed by atoms with Gasteiger partial charge >= 0.3 is 5.97 Å². The molecule has 1 amide bonds. The van der Waals surface area contributed by atoms with Crippen molar-refractivity contribution in [3.8, 4) is 0 Å². The maximum absolute atomic E-state index is 13.0. The van der Waals surface area contributed by atoms with Crippen LogP contribution in [0.15, 0.2) is 23.8 Å². The van der Waals surface area contributed by atoms with Crippen molar-refractivity contribution in [3.05, 3.63) is 34.9 Å². The van der Waals surface area contributed by atoms with Crippen LogP contribution in [0.25, 0.3) is 5.76 Å². The van der Waals surface area contributed by atoms with Crippen molar-refractivity contribution in [3.63, 3.8) is 0 Å². The Morgan fingerprint density at radius 2 is 1.93 bits per heavy atom. The molecule has 9 nitrogen and oxygen atoms in total. The SMILES string of the molecule is CC1(C)C(=O)C(C(=O)NCC(=O)O)=C(O)c2ccc(NCCN3CCOCC3)cc21. The van der Waals surface area contributed by atoms with Gasteiger partial charge in [-0.3, -0.25) is 19.3 Å². The fourth-order valence-electron chi connectivity index (χ4n) is 3.69. The third-order valence-electron chi connectivity index (χ3n) is 5.47. The molecule has 4 N–H and O–H groups in total. The van der Waals surface area contributed by atoms with Gasteiger partial charge in [0.25, 0.3) is 5.91 Å². The number of Topliss-reactive ketones (excluding diaryl/α,β-unsaturated/α-hetero) is 1. The molecule has 1 aromatic carbocycles. The summed E-state index contributed by atoms with van der Waals surface area (Å²) in [5.41, 5.74) is 0.338. The summed E-state index contributed by atoms with van der Waals surface area (Å²) in [5.74, 6) is -3.12. The Morgan fingerprint density at radius 3 is 2.60 bits per heavy atom. The fourth-order valence-corrected chi connectivity index (χ4v) is 3.69. The number of anilines is 1. The number of nitrogens with zero attached hydrogens (tertiary/aromatic N) is 1. The van der Waals surface area contributed by atoms with Gasteiger partial charge in [-0.25, -0.2) is 0 Å². The van der Waals surface area contributed by atoms with E-state index in [0.717, 1.165) is 45.1 Å². The van der Waals surface area contributed by atoms with Gasteiger partial charge in [0.15, 0.2) is 5.78 Å². The minimum absolute atomic E-state index is 0.388. The first kappa shape index (κ1) is 21.8. The Kier molecular flexibility index (Phi) is 6.42. The van der Waals surface area contributed by atoms with E-state index in [-0.39, 0.29) is 0 Å². The molecule has 0 saturated carbocycles. The number of aliphatic carboxylic acids is 1. The molecule has 9 heteroatoms. The molecule has 0 unspecified atom stereocenters. The number of fused-ring (bicyclic) bond motifs is 1. The van der Waals surface area contributed by atoms with Crippen molar-refractivity contribution in [1.82, 2.24) is 10.2 Å². The number of ether oxygens (including phenoxy) is 1. The molecule has 0 bridgehead atoms. The highest BCUT2D eigenvalue weighted by molar-refractivity contribution is 6.28. The Morgan fingerprint density at radius 1 is 1.23 bits per heavy atom. The lowest BCUT2D eigenvalue weighted by Gasteiger charge is -2.32. The molecular formula is C21H27N3O6. The summed E-state index contributed by atoms with van der Waals surface area (Å²) in [4.78, 5) is 38.3. The number of nitrogens with one attached hydrogen (secondary N) is 2. The van der Waals surface area contributed by atoms with Gasteiger partial charge in [-0.05, 0) is 37.6 Å². The predicted octanol–water partition coefficient (Wildman–Crippen LogP) is 0.761. The maximum atomic E-state index is 13.0. The lowest BCUT2D eigenvalue weighted by atomic mass is 9.71. The zero-order valence-corrected chi connectivity index (χ0v) is 17.2. The van der Waals surface area contributed by atoms with Gasteiger partial charge in [-0.2, -0.15) is 0 Å². The summed E-state index contributed by atoms with van der Waals surface area (Å²) in [5, 5.41) is 24.8. The number of carboxylic acid groups (broad SMARTS) is 1. The number of ketones is 1. The quantitative estimate of drug-likeness (QED) is 0.479. The second-order valence-corrected chi connectivity index (χ2v) is 7.90. The van der Waals surface area contributed by atoms with Gasteiger partial charge in [0.1, 0.15) is 17.9 Å². The van der Waals surface area contributed by atoms with Crippen LogP contribution in [-0.4, -0.2) is 78.7 Å². The molecule has 1 aliphatic heterocycles. The molecule has 3 rings (SSSR count). The Balaban J connectivity index is 1.80. The van der Waals surface area contributed by atoms with E-state index in [1.165, 1.54) is 0 Å². The predicted molar refractivity (Wildman–Crippen MR) is 110 cm³/mol. The first-order valence-corrected chi connectivity index (χ1v) is 9.88. The van der Waals surface area contributed by atoms with Crippen molar-refractivity contribution in [1.29, 1.82) is 0 Å². The van der Waals surface area contributed by atoms with Gasteiger partial charge in [0, 0.05) is 37.4 Å². The van der Waals surface area contributed by atoms with E-state index in [1.807, 2.05) is 6.07 Å². The number of hydrogen-bond donors (Lipinski definition) is 4. The Labute approximate surface area is 174 Å². The zero-order valence-electron chi connectivity index (χ0n) is 17.2. The molecule has 1 heterocycles. The van der Waals surface area contributed by atoms with E-state index < -0.39 is 41.0 Å².